The molecule has 2 heterocycles. The van der Waals surface area contributed by atoms with Crippen molar-refractivity contribution in [2.45, 2.75) is 25.3 Å². The first-order valence-electron chi connectivity index (χ1n) is 5.36. The summed E-state index contributed by atoms with van der Waals surface area (Å²) in [6.07, 6.45) is 1.30. The van der Waals surface area contributed by atoms with Gasteiger partial charge in [0.1, 0.15) is 0 Å². The average Bonchev–Trinajstić information content (AvgIpc) is 2.75. The van der Waals surface area contributed by atoms with E-state index >= 15 is 0 Å². The summed E-state index contributed by atoms with van der Waals surface area (Å²) < 4.78 is 0. The lowest BCUT2D eigenvalue weighted by Crippen LogP contribution is -2.39. The lowest BCUT2D eigenvalue weighted by molar-refractivity contribution is -0.141. The van der Waals surface area contributed by atoms with Gasteiger partial charge in [-0.05, 0) is 6.42 Å². The average molecular weight is 226 g/mol. The van der Waals surface area contributed by atoms with Gasteiger partial charge in [-0.15, -0.1) is 0 Å². The second kappa shape index (κ2) is 4.11. The standard InChI is InChI=1S/C10H14N2O4/c13-8-2-1-7(11-8)5-12-4-6(10(15)16)3-9(12)14/h6-7H,1-5H2,(H,11,13)(H,15,16)/t6?,7-/m1/s1. The Hall–Kier alpha value is -1.59. The molecule has 0 aromatic carbocycles. The Morgan fingerprint density at radius 2 is 2.25 bits per heavy atom. The number of likely N-dealkylation sites (tertiary alicyclic amines) is 1. The van der Waals surface area contributed by atoms with Gasteiger partial charge in [-0.3, -0.25) is 14.4 Å². The summed E-state index contributed by atoms with van der Waals surface area (Å²) in [6, 6.07) is -0.0102. The zero-order valence-electron chi connectivity index (χ0n) is 8.81. The number of carbonyl (C=O) groups is 3. The number of nitrogens with one attached hydrogen (secondary N) is 1. The molecule has 0 aromatic heterocycles. The van der Waals surface area contributed by atoms with E-state index < -0.39 is 11.9 Å². The van der Waals surface area contributed by atoms with Gasteiger partial charge in [0, 0.05) is 32.0 Å². The van der Waals surface area contributed by atoms with Gasteiger partial charge in [-0.2, -0.15) is 0 Å². The normalized spacial score (nSPS) is 29.6. The Balaban J connectivity index is 1.89. The van der Waals surface area contributed by atoms with E-state index in [1.165, 1.54) is 4.90 Å². The molecule has 2 amide bonds. The predicted octanol–water partition coefficient (Wildman–Crippen LogP) is -0.802. The molecule has 88 valence electrons. The predicted molar refractivity (Wildman–Crippen MR) is 53.5 cm³/mol. The molecule has 0 aromatic rings. The second-order valence-corrected chi connectivity index (χ2v) is 4.34. The fourth-order valence-electron chi connectivity index (χ4n) is 2.19. The Morgan fingerprint density at radius 1 is 1.50 bits per heavy atom. The summed E-state index contributed by atoms with van der Waals surface area (Å²) in [5, 5.41) is 11.6. The molecule has 1 unspecified atom stereocenters. The van der Waals surface area contributed by atoms with Crippen molar-refractivity contribution in [1.29, 1.82) is 0 Å². The maximum atomic E-state index is 11.5. The summed E-state index contributed by atoms with van der Waals surface area (Å²) >= 11 is 0. The van der Waals surface area contributed by atoms with E-state index in [-0.39, 0.29) is 30.8 Å². The first kappa shape index (κ1) is 10.9. The third kappa shape index (κ3) is 2.15. The van der Waals surface area contributed by atoms with Gasteiger partial charge in [0.25, 0.3) is 0 Å². The van der Waals surface area contributed by atoms with Crippen LogP contribution in [-0.4, -0.2) is 46.9 Å². The molecule has 2 atom stereocenters. The number of amides is 2. The van der Waals surface area contributed by atoms with Crippen LogP contribution in [0.1, 0.15) is 19.3 Å². The van der Waals surface area contributed by atoms with Crippen LogP contribution < -0.4 is 5.32 Å². The highest BCUT2D eigenvalue weighted by Crippen LogP contribution is 2.19. The largest absolute Gasteiger partial charge is 0.481 e. The number of carbonyl (C=O) groups excluding carboxylic acids is 2. The van der Waals surface area contributed by atoms with Crippen LogP contribution in [0.5, 0.6) is 0 Å². The van der Waals surface area contributed by atoms with Crippen molar-refractivity contribution in [2.24, 2.45) is 5.92 Å². The van der Waals surface area contributed by atoms with Crippen LogP contribution in [-0.2, 0) is 14.4 Å². The first-order chi connectivity index (χ1) is 7.56. The molecule has 0 bridgehead atoms. The smallest absolute Gasteiger partial charge is 0.308 e. The lowest BCUT2D eigenvalue weighted by atomic mass is 10.1. The number of nitrogens with zero attached hydrogens (tertiary/aromatic N) is 1. The molecule has 0 aliphatic carbocycles. The molecule has 0 spiro atoms. The fraction of sp³-hybridized carbons (Fsp3) is 0.700. The van der Waals surface area contributed by atoms with Crippen LogP contribution in [0.2, 0.25) is 0 Å². The monoisotopic (exact) mass is 226 g/mol. The van der Waals surface area contributed by atoms with Crippen LogP contribution in [0.25, 0.3) is 0 Å². The Kier molecular flexibility index (Phi) is 2.80. The van der Waals surface area contributed by atoms with Crippen molar-refractivity contribution < 1.29 is 19.5 Å². The molecule has 16 heavy (non-hydrogen) atoms. The number of carboxylic acids is 1. The molecule has 0 radical (unpaired) electrons. The Bertz CT molecular complexity index is 342. The molecule has 2 saturated heterocycles. The van der Waals surface area contributed by atoms with Crippen LogP contribution in [0.3, 0.4) is 0 Å². The SMILES string of the molecule is O=C1CC[C@H](CN2CC(C(=O)O)CC2=O)N1. The fourth-order valence-corrected chi connectivity index (χ4v) is 2.19. The minimum Gasteiger partial charge on any atom is -0.481 e. The van der Waals surface area contributed by atoms with Crippen molar-refractivity contribution in [3.8, 4) is 0 Å². The summed E-state index contributed by atoms with van der Waals surface area (Å²) in [5.41, 5.74) is 0. The van der Waals surface area contributed by atoms with Crippen molar-refractivity contribution in [1.82, 2.24) is 10.2 Å². The molecule has 2 N–H and O–H groups in total. The van der Waals surface area contributed by atoms with Crippen molar-refractivity contribution in [2.75, 3.05) is 13.1 Å². The lowest BCUT2D eigenvalue weighted by Gasteiger charge is -2.20. The molecule has 2 rings (SSSR count). The molecule has 2 aliphatic heterocycles. The summed E-state index contributed by atoms with van der Waals surface area (Å²) in [6.45, 7) is 0.703. The van der Waals surface area contributed by atoms with Crippen LogP contribution in [0.15, 0.2) is 0 Å². The van der Waals surface area contributed by atoms with E-state index in [1.54, 1.807) is 0 Å². The zero-order chi connectivity index (χ0) is 11.7. The highest BCUT2D eigenvalue weighted by Gasteiger charge is 2.36. The third-order valence-corrected chi connectivity index (χ3v) is 3.09. The summed E-state index contributed by atoms with van der Waals surface area (Å²) in [4.78, 5) is 34.8. The van der Waals surface area contributed by atoms with E-state index in [0.717, 1.165) is 6.42 Å². The number of hydrogen-bond donors (Lipinski definition) is 2. The number of carboxylic acid groups (broad SMARTS) is 1. The Morgan fingerprint density at radius 3 is 2.75 bits per heavy atom. The van der Waals surface area contributed by atoms with Gasteiger partial charge in [0.2, 0.25) is 11.8 Å². The summed E-state index contributed by atoms with van der Waals surface area (Å²) in [5.74, 6) is -1.64. The number of rotatable bonds is 3. The zero-order valence-corrected chi connectivity index (χ0v) is 8.81. The first-order valence-corrected chi connectivity index (χ1v) is 5.36. The number of hydrogen-bond acceptors (Lipinski definition) is 3. The van der Waals surface area contributed by atoms with E-state index in [2.05, 4.69) is 5.32 Å². The molecule has 6 heteroatoms. The third-order valence-electron chi connectivity index (χ3n) is 3.09. The van der Waals surface area contributed by atoms with Gasteiger partial charge in [0.05, 0.1) is 5.92 Å². The molecule has 2 fully saturated rings. The van der Waals surface area contributed by atoms with E-state index in [0.29, 0.717) is 13.0 Å². The van der Waals surface area contributed by atoms with Crippen molar-refractivity contribution >= 4 is 17.8 Å². The molecule has 0 saturated carbocycles. The minimum absolute atomic E-state index is 0.00595. The summed E-state index contributed by atoms with van der Waals surface area (Å²) in [7, 11) is 0. The maximum absolute atomic E-state index is 11.5. The van der Waals surface area contributed by atoms with Gasteiger partial charge in [-0.25, -0.2) is 0 Å². The van der Waals surface area contributed by atoms with Gasteiger partial charge >= 0.3 is 5.97 Å². The van der Waals surface area contributed by atoms with E-state index in [9.17, 15) is 14.4 Å². The molecule has 2 aliphatic rings. The molecule has 6 nitrogen and oxygen atoms in total. The topological polar surface area (TPSA) is 86.7 Å². The van der Waals surface area contributed by atoms with Crippen LogP contribution in [0.4, 0.5) is 0 Å². The van der Waals surface area contributed by atoms with Crippen LogP contribution in [0, 0.1) is 5.92 Å². The van der Waals surface area contributed by atoms with Crippen molar-refractivity contribution in [3.05, 3.63) is 0 Å². The number of aliphatic carboxylic acids is 1. The molecular weight excluding hydrogens is 212 g/mol. The highest BCUT2D eigenvalue weighted by molar-refractivity contribution is 5.86. The highest BCUT2D eigenvalue weighted by atomic mass is 16.4. The van der Waals surface area contributed by atoms with Crippen molar-refractivity contribution in [3.63, 3.8) is 0 Å². The van der Waals surface area contributed by atoms with Crippen LogP contribution >= 0.6 is 0 Å². The quantitative estimate of drug-likeness (QED) is 0.659. The maximum Gasteiger partial charge on any atom is 0.308 e. The van der Waals surface area contributed by atoms with E-state index in [4.69, 9.17) is 5.11 Å². The van der Waals surface area contributed by atoms with Gasteiger partial charge in [-0.1, -0.05) is 0 Å². The van der Waals surface area contributed by atoms with E-state index in [1.807, 2.05) is 0 Å². The molecular formula is C10H14N2O4. The Labute approximate surface area is 92.6 Å². The van der Waals surface area contributed by atoms with Gasteiger partial charge in [0.15, 0.2) is 0 Å². The minimum atomic E-state index is -0.925. The second-order valence-electron chi connectivity index (χ2n) is 4.34. The van der Waals surface area contributed by atoms with Gasteiger partial charge < -0.3 is 15.3 Å².